The molecule has 0 saturated heterocycles. The molecule has 0 unspecified atom stereocenters. The maximum atomic E-state index is 11.7. The quantitative estimate of drug-likeness (QED) is 0.674. The maximum Gasteiger partial charge on any atom is 0.211 e. The summed E-state index contributed by atoms with van der Waals surface area (Å²) in [7, 11) is -3.10. The molecule has 0 aromatic carbocycles. The van der Waals surface area contributed by atoms with Crippen LogP contribution in [-0.2, 0) is 16.4 Å². The summed E-state index contributed by atoms with van der Waals surface area (Å²) in [5, 5.41) is 5.32. The van der Waals surface area contributed by atoms with E-state index in [1.54, 1.807) is 11.3 Å². The second kappa shape index (κ2) is 6.65. The molecule has 1 fully saturated rings. The standard InChI is InChI=1S/C12H20N2O2S2/c15-18(16,10-2-7-13-11-4-5-11)14-8-6-12-3-1-9-17-12/h1,3,9,11,13-14H,2,4-8,10H2. The highest BCUT2D eigenvalue weighted by Crippen LogP contribution is 2.18. The van der Waals surface area contributed by atoms with Gasteiger partial charge in [0.05, 0.1) is 5.75 Å². The van der Waals surface area contributed by atoms with Crippen LogP contribution in [0.2, 0.25) is 0 Å². The van der Waals surface area contributed by atoms with Crippen molar-refractivity contribution in [3.8, 4) is 0 Å². The van der Waals surface area contributed by atoms with E-state index in [0.717, 1.165) is 13.0 Å². The second-order valence-electron chi connectivity index (χ2n) is 4.62. The summed E-state index contributed by atoms with van der Waals surface area (Å²) < 4.78 is 26.0. The maximum absolute atomic E-state index is 11.7. The van der Waals surface area contributed by atoms with Crippen molar-refractivity contribution in [1.82, 2.24) is 10.0 Å². The second-order valence-corrected chi connectivity index (χ2v) is 7.58. The van der Waals surface area contributed by atoms with Crippen LogP contribution in [0.15, 0.2) is 17.5 Å². The Morgan fingerprint density at radius 2 is 2.17 bits per heavy atom. The van der Waals surface area contributed by atoms with Gasteiger partial charge in [-0.25, -0.2) is 13.1 Å². The van der Waals surface area contributed by atoms with Gasteiger partial charge < -0.3 is 5.32 Å². The molecule has 1 heterocycles. The van der Waals surface area contributed by atoms with Gasteiger partial charge in [0, 0.05) is 17.5 Å². The molecular formula is C12H20N2O2S2. The molecule has 0 radical (unpaired) electrons. The van der Waals surface area contributed by atoms with Crippen LogP contribution >= 0.6 is 11.3 Å². The number of rotatable bonds is 9. The van der Waals surface area contributed by atoms with E-state index in [9.17, 15) is 8.42 Å². The summed E-state index contributed by atoms with van der Waals surface area (Å²) in [6, 6.07) is 4.66. The largest absolute Gasteiger partial charge is 0.314 e. The molecule has 1 aromatic rings. The molecule has 2 rings (SSSR count). The first-order chi connectivity index (χ1) is 8.66. The van der Waals surface area contributed by atoms with Gasteiger partial charge in [0.1, 0.15) is 0 Å². The molecule has 18 heavy (non-hydrogen) atoms. The molecule has 0 amide bonds. The van der Waals surface area contributed by atoms with Gasteiger partial charge >= 0.3 is 0 Å². The van der Waals surface area contributed by atoms with Crippen molar-refractivity contribution >= 4 is 21.4 Å². The van der Waals surface area contributed by atoms with Crippen LogP contribution in [0.3, 0.4) is 0 Å². The minimum absolute atomic E-state index is 0.219. The Kier molecular flexibility index (Phi) is 5.17. The van der Waals surface area contributed by atoms with Crippen molar-refractivity contribution in [3.05, 3.63) is 22.4 Å². The Bertz CT molecular complexity index is 439. The number of hydrogen-bond donors (Lipinski definition) is 2. The SMILES string of the molecule is O=S(=O)(CCCNC1CC1)NCCc1cccs1. The Labute approximate surface area is 113 Å². The smallest absolute Gasteiger partial charge is 0.211 e. The summed E-state index contributed by atoms with van der Waals surface area (Å²) in [5.74, 6) is 0.219. The first-order valence-electron chi connectivity index (χ1n) is 6.39. The Balaban J connectivity index is 1.57. The van der Waals surface area contributed by atoms with E-state index < -0.39 is 10.0 Å². The highest BCUT2D eigenvalue weighted by Gasteiger charge is 2.20. The predicted molar refractivity (Wildman–Crippen MR) is 75.5 cm³/mol. The molecule has 1 aromatic heterocycles. The van der Waals surface area contributed by atoms with Crippen molar-refractivity contribution in [3.63, 3.8) is 0 Å². The first kappa shape index (κ1) is 14.0. The van der Waals surface area contributed by atoms with Crippen LogP contribution in [0.25, 0.3) is 0 Å². The summed E-state index contributed by atoms with van der Waals surface area (Å²) in [6.45, 7) is 1.30. The molecule has 1 aliphatic rings. The van der Waals surface area contributed by atoms with Crippen LogP contribution in [0, 0.1) is 0 Å². The molecule has 0 atom stereocenters. The average molecular weight is 288 g/mol. The van der Waals surface area contributed by atoms with Crippen molar-refractivity contribution in [2.75, 3.05) is 18.8 Å². The number of thiophene rings is 1. The molecule has 0 aliphatic heterocycles. The lowest BCUT2D eigenvalue weighted by Crippen LogP contribution is -2.30. The molecule has 6 heteroatoms. The van der Waals surface area contributed by atoms with Crippen LogP contribution in [0.4, 0.5) is 0 Å². The topological polar surface area (TPSA) is 58.2 Å². The lowest BCUT2D eigenvalue weighted by atomic mass is 10.3. The molecule has 0 spiro atoms. The first-order valence-corrected chi connectivity index (χ1v) is 8.92. The fraction of sp³-hybridized carbons (Fsp3) is 0.667. The minimum Gasteiger partial charge on any atom is -0.314 e. The van der Waals surface area contributed by atoms with Crippen LogP contribution in [0.1, 0.15) is 24.1 Å². The van der Waals surface area contributed by atoms with Crippen molar-refractivity contribution in [2.45, 2.75) is 31.7 Å². The molecular weight excluding hydrogens is 268 g/mol. The summed E-state index contributed by atoms with van der Waals surface area (Å²) >= 11 is 1.66. The lowest BCUT2D eigenvalue weighted by Gasteiger charge is -2.06. The third-order valence-electron chi connectivity index (χ3n) is 2.87. The fourth-order valence-electron chi connectivity index (χ4n) is 1.71. The van der Waals surface area contributed by atoms with Crippen LogP contribution < -0.4 is 10.0 Å². The molecule has 2 N–H and O–H groups in total. The van der Waals surface area contributed by atoms with E-state index >= 15 is 0 Å². The Morgan fingerprint density at radius 1 is 1.33 bits per heavy atom. The zero-order chi connectivity index (χ0) is 12.8. The molecule has 4 nitrogen and oxygen atoms in total. The Morgan fingerprint density at radius 3 is 2.83 bits per heavy atom. The molecule has 1 saturated carbocycles. The molecule has 1 aliphatic carbocycles. The minimum atomic E-state index is -3.10. The highest BCUT2D eigenvalue weighted by molar-refractivity contribution is 7.89. The van der Waals surface area contributed by atoms with Crippen LogP contribution in [-0.4, -0.2) is 33.3 Å². The third kappa shape index (κ3) is 5.48. The van der Waals surface area contributed by atoms with Crippen LogP contribution in [0.5, 0.6) is 0 Å². The van der Waals surface area contributed by atoms with E-state index in [2.05, 4.69) is 10.0 Å². The summed E-state index contributed by atoms with van der Waals surface area (Å²) in [4.78, 5) is 1.22. The molecule has 102 valence electrons. The van der Waals surface area contributed by atoms with Gasteiger partial charge in [0.15, 0.2) is 0 Å². The van der Waals surface area contributed by atoms with Crippen molar-refractivity contribution < 1.29 is 8.42 Å². The lowest BCUT2D eigenvalue weighted by molar-refractivity contribution is 0.575. The van der Waals surface area contributed by atoms with Gasteiger partial charge in [0.25, 0.3) is 0 Å². The predicted octanol–water partition coefficient (Wildman–Crippen LogP) is 1.35. The van der Waals surface area contributed by atoms with Crippen molar-refractivity contribution in [1.29, 1.82) is 0 Å². The zero-order valence-electron chi connectivity index (χ0n) is 10.4. The third-order valence-corrected chi connectivity index (χ3v) is 5.28. The van der Waals surface area contributed by atoms with Gasteiger partial charge in [-0.2, -0.15) is 0 Å². The number of hydrogen-bond acceptors (Lipinski definition) is 4. The van der Waals surface area contributed by atoms with Gasteiger partial charge in [-0.05, 0) is 43.7 Å². The van der Waals surface area contributed by atoms with E-state index in [0.29, 0.717) is 19.0 Å². The highest BCUT2D eigenvalue weighted by atomic mass is 32.2. The fourth-order valence-corrected chi connectivity index (χ4v) is 3.50. The van der Waals surface area contributed by atoms with Gasteiger partial charge in [-0.3, -0.25) is 0 Å². The number of sulfonamides is 1. The van der Waals surface area contributed by atoms with E-state index in [-0.39, 0.29) is 5.75 Å². The average Bonchev–Trinajstić information content (AvgIpc) is 3.01. The van der Waals surface area contributed by atoms with Crippen molar-refractivity contribution in [2.24, 2.45) is 0 Å². The monoisotopic (exact) mass is 288 g/mol. The van der Waals surface area contributed by atoms with Gasteiger partial charge in [-0.15, -0.1) is 11.3 Å². The molecule has 0 bridgehead atoms. The zero-order valence-corrected chi connectivity index (χ0v) is 12.0. The van der Waals surface area contributed by atoms with Gasteiger partial charge in [0.2, 0.25) is 10.0 Å². The van der Waals surface area contributed by atoms with Gasteiger partial charge in [-0.1, -0.05) is 6.07 Å². The normalized spacial score (nSPS) is 16.0. The Hall–Kier alpha value is -0.430. The summed E-state index contributed by atoms with van der Waals surface area (Å²) in [6.07, 6.45) is 3.94. The van der Waals surface area contributed by atoms with E-state index in [1.807, 2.05) is 17.5 Å². The number of nitrogens with one attached hydrogen (secondary N) is 2. The summed E-state index contributed by atoms with van der Waals surface area (Å²) in [5.41, 5.74) is 0. The van der Waals surface area contributed by atoms with E-state index in [1.165, 1.54) is 17.7 Å². The van der Waals surface area contributed by atoms with E-state index in [4.69, 9.17) is 0 Å².